The van der Waals surface area contributed by atoms with Gasteiger partial charge >= 0.3 is 0 Å². The molecule has 6 nitrogen and oxygen atoms in total. The highest BCUT2D eigenvalue weighted by Gasteiger charge is 2.31. The molecule has 2 heterocycles. The van der Waals surface area contributed by atoms with Gasteiger partial charge in [0, 0.05) is 36.6 Å². The van der Waals surface area contributed by atoms with Crippen LogP contribution in [0.1, 0.15) is 50.7 Å². The number of aryl methyl sites for hydroxylation is 2. The van der Waals surface area contributed by atoms with E-state index in [4.69, 9.17) is 0 Å². The molecule has 2 aromatic rings. The summed E-state index contributed by atoms with van der Waals surface area (Å²) in [5.41, 5.74) is 1.59. The summed E-state index contributed by atoms with van der Waals surface area (Å²) in [5, 5.41) is 0. The van der Waals surface area contributed by atoms with Crippen molar-refractivity contribution in [3.63, 3.8) is 0 Å². The number of hydrogen-bond donors (Lipinski definition) is 0. The minimum absolute atomic E-state index is 0.0314. The molecule has 0 radical (unpaired) electrons. The van der Waals surface area contributed by atoms with E-state index in [9.17, 15) is 18.0 Å². The zero-order chi connectivity index (χ0) is 21.2. The number of sulfonamides is 1. The third-order valence-electron chi connectivity index (χ3n) is 5.15. The second-order valence-corrected chi connectivity index (χ2v) is 10.4. The number of thiophene rings is 1. The number of nitrogens with zero attached hydrogens (tertiary/aromatic N) is 2. The number of hydrogen-bond acceptors (Lipinski definition) is 5. The molecule has 3 rings (SSSR count). The second kappa shape index (κ2) is 8.77. The van der Waals surface area contributed by atoms with Gasteiger partial charge in [-0.2, -0.15) is 4.31 Å². The maximum Gasteiger partial charge on any atom is 0.264 e. The summed E-state index contributed by atoms with van der Waals surface area (Å²) in [6, 6.07) is 8.08. The van der Waals surface area contributed by atoms with E-state index in [0.29, 0.717) is 18.7 Å². The number of amides is 1. The van der Waals surface area contributed by atoms with Gasteiger partial charge in [-0.3, -0.25) is 9.59 Å². The Morgan fingerprint density at radius 3 is 2.41 bits per heavy atom. The number of piperazine rings is 1. The van der Waals surface area contributed by atoms with Gasteiger partial charge in [-0.15, -0.1) is 11.3 Å². The molecule has 0 unspecified atom stereocenters. The van der Waals surface area contributed by atoms with Crippen molar-refractivity contribution in [2.24, 2.45) is 0 Å². The largest absolute Gasteiger partial charge is 0.335 e. The van der Waals surface area contributed by atoms with Gasteiger partial charge in [0.05, 0.1) is 9.77 Å². The zero-order valence-electron chi connectivity index (χ0n) is 17.0. The fraction of sp³-hybridized carbons (Fsp3) is 0.429. The van der Waals surface area contributed by atoms with Crippen LogP contribution in [0, 0.1) is 6.92 Å². The summed E-state index contributed by atoms with van der Waals surface area (Å²) in [7, 11) is -3.70. The molecule has 1 aliphatic rings. The van der Waals surface area contributed by atoms with E-state index in [1.165, 1.54) is 45.1 Å². The van der Waals surface area contributed by atoms with E-state index in [1.807, 2.05) is 13.0 Å². The number of rotatable bonds is 6. The van der Waals surface area contributed by atoms with Crippen molar-refractivity contribution in [3.8, 4) is 0 Å². The highest BCUT2D eigenvalue weighted by atomic mass is 32.2. The van der Waals surface area contributed by atoms with Crippen LogP contribution >= 0.6 is 11.3 Å². The summed E-state index contributed by atoms with van der Waals surface area (Å²) in [6.07, 6.45) is 1.99. The molecule has 29 heavy (non-hydrogen) atoms. The highest BCUT2D eigenvalue weighted by Crippen LogP contribution is 2.25. The van der Waals surface area contributed by atoms with Gasteiger partial charge in [-0.25, -0.2) is 8.42 Å². The van der Waals surface area contributed by atoms with Crippen LogP contribution in [0.15, 0.2) is 35.2 Å². The maximum atomic E-state index is 12.9. The molecule has 1 aromatic carbocycles. The minimum atomic E-state index is -3.70. The molecule has 0 saturated carbocycles. The lowest BCUT2D eigenvalue weighted by molar-refractivity contribution is 0.0702. The highest BCUT2D eigenvalue weighted by molar-refractivity contribution is 7.89. The summed E-state index contributed by atoms with van der Waals surface area (Å²) in [4.78, 5) is 28.1. The standard InChI is InChI=1S/C21H26N2O4S2/c1-4-6-18-14-20(28-16(18)3)21(25)22-9-11-23(12-10-22)29(26,27)19-8-5-7-17(13-19)15(2)24/h5,7-8,13-14H,4,6,9-12H2,1-3H3. The first-order valence-corrected chi connectivity index (χ1v) is 12.0. The first-order valence-electron chi connectivity index (χ1n) is 9.73. The molecule has 1 fully saturated rings. The average Bonchev–Trinajstić information content (AvgIpc) is 3.08. The Balaban J connectivity index is 1.69. The van der Waals surface area contributed by atoms with Crippen molar-refractivity contribution >= 4 is 33.1 Å². The second-order valence-electron chi connectivity index (χ2n) is 7.22. The molecular formula is C21H26N2O4S2. The number of ketones is 1. The van der Waals surface area contributed by atoms with Crippen molar-refractivity contribution in [2.75, 3.05) is 26.2 Å². The van der Waals surface area contributed by atoms with Crippen molar-refractivity contribution < 1.29 is 18.0 Å². The molecule has 1 aliphatic heterocycles. The van der Waals surface area contributed by atoms with E-state index in [-0.39, 0.29) is 29.7 Å². The van der Waals surface area contributed by atoms with Gasteiger partial charge in [0.2, 0.25) is 10.0 Å². The molecule has 8 heteroatoms. The normalized spacial score (nSPS) is 15.5. The quantitative estimate of drug-likeness (QED) is 0.654. The van der Waals surface area contributed by atoms with Crippen LogP contribution in [-0.2, 0) is 16.4 Å². The monoisotopic (exact) mass is 434 g/mol. The summed E-state index contributed by atoms with van der Waals surface area (Å²) in [6.45, 7) is 6.74. The SMILES string of the molecule is CCCc1cc(C(=O)N2CCN(S(=O)(=O)c3cccc(C(C)=O)c3)CC2)sc1C. The van der Waals surface area contributed by atoms with Crippen LogP contribution in [0.5, 0.6) is 0 Å². The Labute approximate surface area is 176 Å². The molecule has 0 N–H and O–H groups in total. The third-order valence-corrected chi connectivity index (χ3v) is 8.13. The number of carbonyl (C=O) groups excluding carboxylic acids is 2. The Hall–Kier alpha value is -2.03. The molecule has 1 saturated heterocycles. The van der Waals surface area contributed by atoms with Crippen LogP contribution in [0.4, 0.5) is 0 Å². The van der Waals surface area contributed by atoms with Crippen LogP contribution in [0.2, 0.25) is 0 Å². The maximum absolute atomic E-state index is 12.9. The van der Waals surface area contributed by atoms with Crippen molar-refractivity contribution in [3.05, 3.63) is 51.2 Å². The molecule has 0 atom stereocenters. The van der Waals surface area contributed by atoms with Gasteiger partial charge in [0.1, 0.15) is 0 Å². The van der Waals surface area contributed by atoms with Crippen LogP contribution in [0.3, 0.4) is 0 Å². The van der Waals surface area contributed by atoms with E-state index in [2.05, 4.69) is 6.92 Å². The number of benzene rings is 1. The third kappa shape index (κ3) is 4.60. The molecule has 1 amide bonds. The van der Waals surface area contributed by atoms with Gasteiger partial charge < -0.3 is 4.90 Å². The average molecular weight is 435 g/mol. The molecular weight excluding hydrogens is 408 g/mol. The molecule has 0 spiro atoms. The van der Waals surface area contributed by atoms with E-state index in [0.717, 1.165) is 17.7 Å². The Morgan fingerprint density at radius 1 is 1.10 bits per heavy atom. The van der Waals surface area contributed by atoms with Crippen LogP contribution in [0.25, 0.3) is 0 Å². The first kappa shape index (κ1) is 21.7. The Morgan fingerprint density at radius 2 is 1.79 bits per heavy atom. The smallest absolute Gasteiger partial charge is 0.264 e. The van der Waals surface area contributed by atoms with E-state index < -0.39 is 10.0 Å². The fourth-order valence-corrected chi connectivity index (χ4v) is 5.96. The van der Waals surface area contributed by atoms with E-state index >= 15 is 0 Å². The lowest BCUT2D eigenvalue weighted by Crippen LogP contribution is -2.50. The Bertz CT molecular complexity index is 1020. The molecule has 156 valence electrons. The minimum Gasteiger partial charge on any atom is -0.335 e. The predicted molar refractivity (Wildman–Crippen MR) is 114 cm³/mol. The molecule has 0 aliphatic carbocycles. The summed E-state index contributed by atoms with van der Waals surface area (Å²) < 4.78 is 27.3. The predicted octanol–water partition coefficient (Wildman–Crippen LogP) is 3.36. The van der Waals surface area contributed by atoms with Crippen molar-refractivity contribution in [1.82, 2.24) is 9.21 Å². The van der Waals surface area contributed by atoms with Gasteiger partial charge in [-0.1, -0.05) is 25.5 Å². The molecule has 1 aromatic heterocycles. The summed E-state index contributed by atoms with van der Waals surface area (Å²) >= 11 is 1.51. The van der Waals surface area contributed by atoms with E-state index in [1.54, 1.807) is 17.0 Å². The molecule has 0 bridgehead atoms. The first-order chi connectivity index (χ1) is 13.7. The van der Waals surface area contributed by atoms with Crippen molar-refractivity contribution in [2.45, 2.75) is 38.5 Å². The van der Waals surface area contributed by atoms with Crippen molar-refractivity contribution in [1.29, 1.82) is 0 Å². The van der Waals surface area contributed by atoms with Gasteiger partial charge in [-0.05, 0) is 44.0 Å². The number of Topliss-reactive ketones (excluding diaryl/α,β-unsaturated/α-hetero) is 1. The topological polar surface area (TPSA) is 74.8 Å². The van der Waals surface area contributed by atoms with Gasteiger partial charge in [0.25, 0.3) is 5.91 Å². The fourth-order valence-electron chi connectivity index (χ4n) is 3.45. The van der Waals surface area contributed by atoms with Gasteiger partial charge in [0.15, 0.2) is 5.78 Å². The van der Waals surface area contributed by atoms with Crippen LogP contribution < -0.4 is 0 Å². The lowest BCUT2D eigenvalue weighted by atomic mass is 10.1. The lowest BCUT2D eigenvalue weighted by Gasteiger charge is -2.33. The number of carbonyl (C=O) groups is 2. The van der Waals surface area contributed by atoms with Crippen LogP contribution in [-0.4, -0.2) is 55.5 Å². The summed E-state index contributed by atoms with van der Waals surface area (Å²) in [5.74, 6) is -0.206. The Kier molecular flexibility index (Phi) is 6.55. The zero-order valence-corrected chi connectivity index (χ0v) is 18.6.